The van der Waals surface area contributed by atoms with Crippen LogP contribution >= 0.6 is 10.6 Å². The summed E-state index contributed by atoms with van der Waals surface area (Å²) in [5.74, 6) is 0.556. The third-order valence-corrected chi connectivity index (χ3v) is 8.14. The van der Waals surface area contributed by atoms with Gasteiger partial charge in [-0.3, -0.25) is 9.11 Å². The van der Waals surface area contributed by atoms with Gasteiger partial charge in [-0.15, -0.1) is 0 Å². The summed E-state index contributed by atoms with van der Waals surface area (Å²) in [6, 6.07) is 16.2. The highest BCUT2D eigenvalue weighted by molar-refractivity contribution is 8.24. The zero-order valence-electron chi connectivity index (χ0n) is 21.0. The minimum absolute atomic E-state index is 0.193. The lowest BCUT2D eigenvalue weighted by atomic mass is 10.1. The number of nitrogens with zero attached hydrogens (tertiary/aromatic N) is 4. The number of amides is 1. The summed E-state index contributed by atoms with van der Waals surface area (Å²) in [6.45, 7) is 3.95. The fraction of sp³-hybridized carbons (Fsp3) is 0.231. The van der Waals surface area contributed by atoms with Crippen molar-refractivity contribution >= 4 is 22.5 Å². The van der Waals surface area contributed by atoms with Crippen LogP contribution in [-0.2, 0) is 11.3 Å². The molecule has 0 atom stereocenters. The van der Waals surface area contributed by atoms with Crippen LogP contribution in [0.3, 0.4) is 0 Å². The molecule has 0 saturated carbocycles. The Labute approximate surface area is 216 Å². The molecular weight excluding hydrogens is 494 g/mol. The molecule has 0 aliphatic heterocycles. The van der Waals surface area contributed by atoms with E-state index in [1.54, 1.807) is 57.4 Å². The number of hydrogen-bond donors (Lipinski definition) is 3. The molecule has 0 spiro atoms. The Hall–Kier alpha value is -3.93. The highest BCUT2D eigenvalue weighted by Crippen LogP contribution is 2.52. The average molecular weight is 524 g/mol. The third kappa shape index (κ3) is 5.58. The topological polar surface area (TPSA) is 148 Å². The van der Waals surface area contributed by atoms with Gasteiger partial charge in [0.25, 0.3) is 0 Å². The normalized spacial score (nSPS) is 12.0. The number of hydrogen-bond acceptors (Lipinski definition) is 9. The van der Waals surface area contributed by atoms with Gasteiger partial charge in [-0.05, 0) is 31.5 Å². The van der Waals surface area contributed by atoms with Crippen molar-refractivity contribution in [2.24, 2.45) is 0 Å². The number of anilines is 1. The van der Waals surface area contributed by atoms with Crippen molar-refractivity contribution in [1.82, 2.24) is 20.0 Å². The lowest BCUT2D eigenvalue weighted by Gasteiger charge is -2.36. The number of carbonyl (C=O) groups excluding carboxylic acids is 1. The predicted octanol–water partition coefficient (Wildman–Crippen LogP) is 5.76. The number of nitrogens with two attached hydrogens (primary N) is 1. The Bertz CT molecular complexity index is 1390. The van der Waals surface area contributed by atoms with E-state index in [0.717, 1.165) is 16.7 Å². The summed E-state index contributed by atoms with van der Waals surface area (Å²) in [7, 11) is 0.135. The van der Waals surface area contributed by atoms with E-state index in [1.807, 2.05) is 24.3 Å². The fourth-order valence-electron chi connectivity index (χ4n) is 3.61. The SMILES string of the molecule is COC(=O)N(C)Cc1ccc(-c2cc(-c3nc(-c4ccc(S(O)(O)C(C)C)cc4)cnc3N)on2)cc1. The molecule has 4 rings (SSSR count). The summed E-state index contributed by atoms with van der Waals surface area (Å²) in [6.07, 6.45) is 1.14. The minimum atomic E-state index is -2.87. The molecule has 10 nitrogen and oxygen atoms in total. The molecular formula is C26H29N5O5S. The van der Waals surface area contributed by atoms with Crippen molar-refractivity contribution in [3.8, 4) is 34.0 Å². The van der Waals surface area contributed by atoms with Crippen molar-refractivity contribution < 1.29 is 23.2 Å². The van der Waals surface area contributed by atoms with Gasteiger partial charge in [0.05, 0.1) is 23.9 Å². The maximum Gasteiger partial charge on any atom is 0.409 e. The van der Waals surface area contributed by atoms with Gasteiger partial charge in [0.15, 0.2) is 17.3 Å². The first-order chi connectivity index (χ1) is 17.6. The molecule has 4 N–H and O–H groups in total. The standard InChI is InChI=1S/C26H29N5O5S/c1-16(2)37(33,34)20-11-9-19(10-12-20)22-14-28-25(27)24(29-22)23-13-21(30-36-23)18-7-5-17(6-8-18)15-31(3)26(32)35-4/h5-14,16,33-34H,15H2,1-4H3,(H2,27,28). The first-order valence-electron chi connectivity index (χ1n) is 11.5. The second-order valence-corrected chi connectivity index (χ2v) is 11.4. The molecule has 0 aliphatic carbocycles. The molecule has 194 valence electrons. The lowest BCUT2D eigenvalue weighted by molar-refractivity contribution is 0.131. The second kappa shape index (κ2) is 10.6. The Morgan fingerprint density at radius 1 is 1.08 bits per heavy atom. The van der Waals surface area contributed by atoms with E-state index in [4.69, 9.17) is 15.0 Å². The Morgan fingerprint density at radius 2 is 1.70 bits per heavy atom. The quantitative estimate of drug-likeness (QED) is 0.275. The number of nitrogen functional groups attached to an aromatic ring is 1. The van der Waals surface area contributed by atoms with Crippen LogP contribution < -0.4 is 5.73 Å². The van der Waals surface area contributed by atoms with Crippen LogP contribution in [0.15, 0.2) is 70.2 Å². The van der Waals surface area contributed by atoms with E-state index in [-0.39, 0.29) is 11.1 Å². The number of benzene rings is 2. The number of aromatic nitrogens is 3. The molecule has 0 radical (unpaired) electrons. The summed E-state index contributed by atoms with van der Waals surface area (Å²) in [4.78, 5) is 22.4. The third-order valence-electron chi connectivity index (χ3n) is 5.85. The smallest absolute Gasteiger partial charge is 0.409 e. The summed E-state index contributed by atoms with van der Waals surface area (Å²) >= 11 is 0. The number of ether oxygens (including phenoxy) is 1. The molecule has 0 unspecified atom stereocenters. The van der Waals surface area contributed by atoms with Crippen LogP contribution in [0.5, 0.6) is 0 Å². The van der Waals surface area contributed by atoms with Crippen molar-refractivity contribution in [2.75, 3.05) is 19.9 Å². The van der Waals surface area contributed by atoms with Gasteiger partial charge in [0.1, 0.15) is 5.69 Å². The van der Waals surface area contributed by atoms with Crippen LogP contribution in [0.25, 0.3) is 34.0 Å². The molecule has 0 bridgehead atoms. The van der Waals surface area contributed by atoms with Gasteiger partial charge in [-0.25, -0.2) is 14.8 Å². The van der Waals surface area contributed by atoms with E-state index in [2.05, 4.69) is 15.1 Å². The average Bonchev–Trinajstić information content (AvgIpc) is 3.39. The molecule has 4 aromatic rings. The Kier molecular flexibility index (Phi) is 7.48. The van der Waals surface area contributed by atoms with Crippen LogP contribution in [-0.4, -0.2) is 54.6 Å². The highest BCUT2D eigenvalue weighted by atomic mass is 32.3. The maximum absolute atomic E-state index is 11.6. The van der Waals surface area contributed by atoms with E-state index < -0.39 is 16.7 Å². The van der Waals surface area contributed by atoms with Crippen molar-refractivity contribution in [1.29, 1.82) is 0 Å². The lowest BCUT2D eigenvalue weighted by Crippen LogP contribution is -2.25. The van der Waals surface area contributed by atoms with Gasteiger partial charge >= 0.3 is 6.09 Å². The first kappa shape index (κ1) is 26.1. The van der Waals surface area contributed by atoms with Gasteiger partial charge < -0.3 is 19.9 Å². The highest BCUT2D eigenvalue weighted by Gasteiger charge is 2.20. The van der Waals surface area contributed by atoms with Crippen LogP contribution in [0.1, 0.15) is 19.4 Å². The molecule has 1 amide bonds. The molecule has 0 saturated heterocycles. The number of methoxy groups -OCH3 is 1. The monoisotopic (exact) mass is 523 g/mol. The summed E-state index contributed by atoms with van der Waals surface area (Å²) < 4.78 is 31.0. The largest absolute Gasteiger partial charge is 0.453 e. The van der Waals surface area contributed by atoms with Crippen molar-refractivity contribution in [3.05, 3.63) is 66.4 Å². The van der Waals surface area contributed by atoms with Gasteiger partial charge in [-0.1, -0.05) is 41.6 Å². The minimum Gasteiger partial charge on any atom is -0.453 e. The maximum atomic E-state index is 11.6. The molecule has 11 heteroatoms. The molecule has 37 heavy (non-hydrogen) atoms. The van der Waals surface area contributed by atoms with E-state index in [0.29, 0.717) is 34.3 Å². The van der Waals surface area contributed by atoms with Gasteiger partial charge in [0, 0.05) is 36.0 Å². The van der Waals surface area contributed by atoms with E-state index in [1.165, 1.54) is 12.0 Å². The first-order valence-corrected chi connectivity index (χ1v) is 13.1. The molecule has 2 aromatic heterocycles. The molecule has 0 fully saturated rings. The Morgan fingerprint density at radius 3 is 2.32 bits per heavy atom. The van der Waals surface area contributed by atoms with Crippen molar-refractivity contribution in [3.63, 3.8) is 0 Å². The fourth-order valence-corrected chi connectivity index (χ4v) is 4.70. The molecule has 2 aromatic carbocycles. The van der Waals surface area contributed by atoms with Crippen LogP contribution in [0.4, 0.5) is 10.6 Å². The van der Waals surface area contributed by atoms with Crippen LogP contribution in [0, 0.1) is 0 Å². The van der Waals surface area contributed by atoms with E-state index in [9.17, 15) is 13.9 Å². The predicted molar refractivity (Wildman–Crippen MR) is 143 cm³/mol. The number of rotatable bonds is 7. The van der Waals surface area contributed by atoms with E-state index >= 15 is 0 Å². The van der Waals surface area contributed by atoms with Gasteiger partial charge in [-0.2, -0.15) is 10.6 Å². The molecule has 2 heterocycles. The number of carbonyl (C=O) groups is 1. The summed E-state index contributed by atoms with van der Waals surface area (Å²) in [5, 5.41) is 3.87. The van der Waals surface area contributed by atoms with Gasteiger partial charge in [0.2, 0.25) is 0 Å². The van der Waals surface area contributed by atoms with Crippen LogP contribution in [0.2, 0.25) is 0 Å². The molecule has 0 aliphatic rings. The summed E-state index contributed by atoms with van der Waals surface area (Å²) in [5.41, 5.74) is 10.1. The zero-order valence-corrected chi connectivity index (χ0v) is 21.8. The Balaban J connectivity index is 1.56. The second-order valence-electron chi connectivity index (χ2n) is 8.75. The zero-order chi connectivity index (χ0) is 26.7. The van der Waals surface area contributed by atoms with Crippen molar-refractivity contribution in [2.45, 2.75) is 30.5 Å².